The number of carbonyl (C=O) groups is 3. The highest BCUT2D eigenvalue weighted by atomic mass is 16.5. The maximum atomic E-state index is 13.5. The zero-order chi connectivity index (χ0) is 31.1. The van der Waals surface area contributed by atoms with Gasteiger partial charge in [-0.1, -0.05) is 0 Å². The number of carbonyl (C=O) groups excluding carboxylic acids is 3. The van der Waals surface area contributed by atoms with Crippen molar-refractivity contribution in [3.63, 3.8) is 0 Å². The topological polar surface area (TPSA) is 83.3 Å². The summed E-state index contributed by atoms with van der Waals surface area (Å²) < 4.78 is 18.2. The third-order valence-electron chi connectivity index (χ3n) is 15.5. The van der Waals surface area contributed by atoms with E-state index >= 15 is 0 Å². The molecule has 0 aliphatic heterocycles. The van der Waals surface area contributed by atoms with E-state index < -0.39 is 0 Å². The van der Waals surface area contributed by atoms with Crippen molar-refractivity contribution in [2.45, 2.75) is 116 Å². The normalized spacial score (nSPS) is 47.6. The minimum Gasteiger partial charge on any atom is -0.459 e. The lowest BCUT2D eigenvalue weighted by molar-refractivity contribution is -0.900. The maximum absolute atomic E-state index is 13.5. The lowest BCUT2D eigenvalue weighted by atomic mass is 9.49. The molecule has 0 radical (unpaired) electrons. The van der Waals surface area contributed by atoms with Crippen LogP contribution in [0.5, 0.6) is 0 Å². The Hall–Kier alpha value is -1.63. The van der Waals surface area contributed by atoms with Crippen LogP contribution in [0.4, 0.5) is 0 Å². The Balaban J connectivity index is 0.800. The van der Waals surface area contributed by atoms with Crippen LogP contribution in [-0.2, 0) is 28.6 Å². The molecule has 0 atom stereocenters. The maximum Gasteiger partial charge on any atom is 0.312 e. The Kier molecular flexibility index (Phi) is 7.59. The number of nitrogens with one attached hydrogen (secondary N) is 1. The summed E-state index contributed by atoms with van der Waals surface area (Å²) >= 11 is 0. The molecular formula is C39H58NO6+. The van der Waals surface area contributed by atoms with E-state index in [1.807, 2.05) is 0 Å². The van der Waals surface area contributed by atoms with Crippen LogP contribution in [0.15, 0.2) is 0 Å². The molecule has 0 saturated heterocycles. The van der Waals surface area contributed by atoms with Crippen molar-refractivity contribution in [1.82, 2.24) is 0 Å². The van der Waals surface area contributed by atoms with Gasteiger partial charge in [0, 0.05) is 0 Å². The number of ether oxygens (including phenoxy) is 3. The van der Waals surface area contributed by atoms with E-state index in [-0.39, 0.29) is 34.2 Å². The van der Waals surface area contributed by atoms with Crippen molar-refractivity contribution in [1.29, 1.82) is 0 Å². The summed E-state index contributed by atoms with van der Waals surface area (Å²) in [6.07, 6.45) is 21.0. The number of rotatable bonds is 12. The van der Waals surface area contributed by atoms with Gasteiger partial charge in [-0.15, -0.1) is 0 Å². The van der Waals surface area contributed by atoms with Crippen molar-refractivity contribution in [3.05, 3.63) is 0 Å². The van der Waals surface area contributed by atoms with Gasteiger partial charge in [-0.25, -0.2) is 0 Å². The van der Waals surface area contributed by atoms with Crippen molar-refractivity contribution in [2.75, 3.05) is 39.5 Å². The van der Waals surface area contributed by atoms with Crippen LogP contribution in [0.3, 0.4) is 0 Å². The molecule has 12 saturated carbocycles. The van der Waals surface area contributed by atoms with Crippen molar-refractivity contribution in [3.8, 4) is 0 Å². The van der Waals surface area contributed by atoms with Gasteiger partial charge in [-0.3, -0.25) is 14.4 Å². The summed E-state index contributed by atoms with van der Waals surface area (Å²) in [6, 6.07) is 0. The minimum atomic E-state index is -0.240. The Bertz CT molecular complexity index is 971. The van der Waals surface area contributed by atoms with Gasteiger partial charge in [0.15, 0.2) is 0 Å². The molecule has 12 rings (SSSR count). The molecular weight excluding hydrogens is 578 g/mol. The van der Waals surface area contributed by atoms with Crippen molar-refractivity contribution in [2.24, 2.45) is 69.5 Å². The van der Waals surface area contributed by atoms with Gasteiger partial charge in [0.05, 0.1) is 16.2 Å². The highest BCUT2D eigenvalue weighted by Gasteiger charge is 2.58. The monoisotopic (exact) mass is 636 g/mol. The lowest BCUT2D eigenvalue weighted by Gasteiger charge is -2.55. The summed E-state index contributed by atoms with van der Waals surface area (Å²) in [7, 11) is 0. The number of quaternary nitrogens is 1. The zero-order valence-corrected chi connectivity index (χ0v) is 28.1. The van der Waals surface area contributed by atoms with Crippen LogP contribution in [-0.4, -0.2) is 57.4 Å². The molecule has 46 heavy (non-hydrogen) atoms. The van der Waals surface area contributed by atoms with Gasteiger partial charge < -0.3 is 19.1 Å². The molecule has 12 fully saturated rings. The molecule has 0 spiro atoms. The second-order valence-corrected chi connectivity index (χ2v) is 19.0. The largest absolute Gasteiger partial charge is 0.459 e. The van der Waals surface area contributed by atoms with Crippen molar-refractivity contribution < 1.29 is 33.5 Å². The van der Waals surface area contributed by atoms with Crippen LogP contribution in [0.25, 0.3) is 0 Å². The van der Waals surface area contributed by atoms with E-state index in [9.17, 15) is 14.4 Å². The van der Waals surface area contributed by atoms with Crippen molar-refractivity contribution >= 4 is 17.9 Å². The first-order valence-corrected chi connectivity index (χ1v) is 19.6. The van der Waals surface area contributed by atoms with Crippen LogP contribution >= 0.6 is 0 Å². The first kappa shape index (κ1) is 30.4. The first-order valence-electron chi connectivity index (χ1n) is 19.6. The average Bonchev–Trinajstić information content (AvgIpc) is 2.98. The fourth-order valence-electron chi connectivity index (χ4n) is 14.8. The summed E-state index contributed by atoms with van der Waals surface area (Å²) in [5.41, 5.74) is -0.721. The lowest BCUT2D eigenvalue weighted by Crippen LogP contribution is -3.13. The molecule has 12 bridgehead atoms. The van der Waals surface area contributed by atoms with E-state index in [0.29, 0.717) is 92.7 Å². The van der Waals surface area contributed by atoms with Gasteiger partial charge in [-0.05, 0) is 169 Å². The fourth-order valence-corrected chi connectivity index (χ4v) is 14.8. The predicted octanol–water partition coefficient (Wildman–Crippen LogP) is 5.15. The standard InChI is InChI=1S/C39H57NO6/c41-34(37-16-25-7-26(17-37)9-27(8-25)18-37)44-4-1-40(2-5-45-35(42)38-19-28-10-29(20-38)12-30(11-28)21-38)3-6-46-36(43)39-22-31-13-32(23-39)15-33(14-31)24-39/h25-33H,1-24H2/p+1. The quantitative estimate of drug-likeness (QED) is 0.236. The second-order valence-electron chi connectivity index (χ2n) is 19.0. The van der Waals surface area contributed by atoms with Crippen LogP contribution in [0.1, 0.15) is 116 Å². The molecule has 254 valence electrons. The molecule has 0 aromatic rings. The molecule has 0 heterocycles. The average molecular weight is 637 g/mol. The molecule has 1 N–H and O–H groups in total. The SMILES string of the molecule is O=C(OCC[NH+](CCOC(=O)C12CC3CC(CC(C3)C1)C2)CCOC(=O)C12CC3CC(CC(C3)C1)C2)C12CC3CC(CC(C3)C1)C2. The molecule has 7 heteroatoms. The third-order valence-corrected chi connectivity index (χ3v) is 15.5. The first-order chi connectivity index (χ1) is 22.3. The fraction of sp³-hybridized carbons (Fsp3) is 0.923. The van der Waals surface area contributed by atoms with E-state index in [0.717, 1.165) is 57.8 Å². The van der Waals surface area contributed by atoms with E-state index in [1.54, 1.807) is 0 Å². The summed E-state index contributed by atoms with van der Waals surface area (Å²) in [4.78, 5) is 41.8. The van der Waals surface area contributed by atoms with Crippen LogP contribution < -0.4 is 4.90 Å². The Morgan fingerprint density at radius 3 is 0.783 bits per heavy atom. The summed E-state index contributed by atoms with van der Waals surface area (Å²) in [6.45, 7) is 3.09. The van der Waals surface area contributed by atoms with Gasteiger partial charge in [0.2, 0.25) is 0 Å². The molecule has 12 aliphatic carbocycles. The predicted molar refractivity (Wildman–Crippen MR) is 170 cm³/mol. The van der Waals surface area contributed by atoms with E-state index in [1.165, 1.54) is 62.7 Å². The number of hydrogen-bond donors (Lipinski definition) is 1. The van der Waals surface area contributed by atoms with E-state index in [2.05, 4.69) is 0 Å². The molecule has 12 aliphatic rings. The Morgan fingerprint density at radius 2 is 0.587 bits per heavy atom. The molecule has 0 aromatic heterocycles. The molecule has 0 amide bonds. The number of hydrogen-bond acceptors (Lipinski definition) is 6. The van der Waals surface area contributed by atoms with Crippen LogP contribution in [0, 0.1) is 69.5 Å². The van der Waals surface area contributed by atoms with E-state index in [4.69, 9.17) is 14.2 Å². The highest BCUT2D eigenvalue weighted by molar-refractivity contribution is 5.78. The van der Waals surface area contributed by atoms with Gasteiger partial charge in [0.25, 0.3) is 0 Å². The highest BCUT2D eigenvalue weighted by Crippen LogP contribution is 2.62. The molecule has 0 unspecified atom stereocenters. The number of esters is 3. The third kappa shape index (κ3) is 5.45. The van der Waals surface area contributed by atoms with Gasteiger partial charge in [0.1, 0.15) is 39.5 Å². The molecule has 7 nitrogen and oxygen atoms in total. The smallest absolute Gasteiger partial charge is 0.312 e. The van der Waals surface area contributed by atoms with Gasteiger partial charge >= 0.3 is 17.9 Å². The second kappa shape index (κ2) is 11.5. The van der Waals surface area contributed by atoms with Gasteiger partial charge in [-0.2, -0.15) is 0 Å². The summed E-state index contributed by atoms with van der Waals surface area (Å²) in [5.74, 6) is 6.55. The van der Waals surface area contributed by atoms with Crippen LogP contribution in [0.2, 0.25) is 0 Å². The molecule has 0 aromatic carbocycles. The summed E-state index contributed by atoms with van der Waals surface area (Å²) in [5, 5.41) is 0. The Morgan fingerprint density at radius 1 is 0.391 bits per heavy atom. The Labute approximate surface area is 275 Å². The minimum absolute atomic E-state index is 0.0347. The zero-order valence-electron chi connectivity index (χ0n) is 28.1.